The van der Waals surface area contributed by atoms with Crippen LogP contribution in [0.4, 0.5) is 14.5 Å². The first-order valence-electron chi connectivity index (χ1n) is 9.41. The van der Waals surface area contributed by atoms with Gasteiger partial charge in [-0.15, -0.1) is 0 Å². The van der Waals surface area contributed by atoms with Crippen molar-refractivity contribution in [1.82, 2.24) is 4.98 Å². The second kappa shape index (κ2) is 10.6. The van der Waals surface area contributed by atoms with Gasteiger partial charge >= 0.3 is 0 Å². The minimum Gasteiger partial charge on any atom is -0.280 e. The van der Waals surface area contributed by atoms with Crippen LogP contribution < -0.4 is 0 Å². The Morgan fingerprint density at radius 3 is 2.48 bits per heavy atom. The number of aromatic nitrogens is 1. The number of pyridine rings is 1. The summed E-state index contributed by atoms with van der Waals surface area (Å²) in [6, 6.07) is 15.6. The molecule has 0 aliphatic rings. The van der Waals surface area contributed by atoms with E-state index in [0.29, 0.717) is 23.5 Å². The molecule has 0 atom stereocenters. The van der Waals surface area contributed by atoms with E-state index in [2.05, 4.69) is 33.4 Å². The molecule has 4 nitrogen and oxygen atoms in total. The average molecular weight is 414 g/mol. The topological polar surface area (TPSA) is 50.0 Å². The molecule has 0 spiro atoms. The molecular weight excluding hydrogens is 394 g/mol. The molecule has 1 aromatic heterocycles. The SMILES string of the molecule is C=N/C(F)=C\C=C/C(=NCc1cccnc1)c1cc(-c2ccc(F)cc2)ccc1N=C. The van der Waals surface area contributed by atoms with Crippen LogP contribution >= 0.6 is 0 Å². The third kappa shape index (κ3) is 5.96. The van der Waals surface area contributed by atoms with Crippen molar-refractivity contribution in [2.24, 2.45) is 15.0 Å². The lowest BCUT2D eigenvalue weighted by Crippen LogP contribution is -2.00. The molecule has 0 radical (unpaired) electrons. The first-order chi connectivity index (χ1) is 15.1. The Morgan fingerprint density at radius 1 is 1.03 bits per heavy atom. The predicted molar refractivity (Wildman–Crippen MR) is 123 cm³/mol. The number of nitrogens with zero attached hydrogens (tertiary/aromatic N) is 4. The minimum absolute atomic E-state index is 0.306. The standard InChI is InChI=1S/C25H20F2N4/c1-28-23-13-10-20(19-8-11-21(26)12-9-19)15-22(23)24(6-3-7-25(27)29-2)31-17-18-5-4-14-30-16-18/h3-16H,1-2,17H2/b6-3-,25-7-,31-24?. The molecule has 2 aromatic carbocycles. The lowest BCUT2D eigenvalue weighted by Gasteiger charge is -2.10. The predicted octanol–water partition coefficient (Wildman–Crippen LogP) is 6.28. The molecule has 0 aliphatic carbocycles. The smallest absolute Gasteiger partial charge is 0.212 e. The lowest BCUT2D eigenvalue weighted by atomic mass is 9.99. The second-order valence-electron chi connectivity index (χ2n) is 6.47. The summed E-state index contributed by atoms with van der Waals surface area (Å²) in [6.45, 7) is 7.17. The molecule has 3 aromatic rings. The van der Waals surface area contributed by atoms with E-state index < -0.39 is 5.95 Å². The summed E-state index contributed by atoms with van der Waals surface area (Å²) in [5.74, 6) is -1.01. The molecule has 0 N–H and O–H groups in total. The van der Waals surface area contributed by atoms with Gasteiger partial charge in [-0.1, -0.05) is 30.3 Å². The number of hydrogen-bond acceptors (Lipinski definition) is 4. The molecule has 31 heavy (non-hydrogen) atoms. The summed E-state index contributed by atoms with van der Waals surface area (Å²) in [7, 11) is 0. The quantitative estimate of drug-likeness (QED) is 0.243. The van der Waals surface area contributed by atoms with Crippen molar-refractivity contribution in [3.63, 3.8) is 0 Å². The maximum atomic E-state index is 13.4. The Balaban J connectivity index is 2.07. The van der Waals surface area contributed by atoms with Crippen LogP contribution in [0.1, 0.15) is 11.1 Å². The van der Waals surface area contributed by atoms with E-state index in [9.17, 15) is 8.78 Å². The maximum Gasteiger partial charge on any atom is 0.212 e. The molecule has 0 amide bonds. The van der Waals surface area contributed by atoms with Gasteiger partial charge in [-0.25, -0.2) is 9.38 Å². The Bertz CT molecular complexity index is 1150. The van der Waals surface area contributed by atoms with Gasteiger partial charge in [0.05, 0.1) is 17.9 Å². The van der Waals surface area contributed by atoms with Crippen molar-refractivity contribution in [1.29, 1.82) is 0 Å². The van der Waals surface area contributed by atoms with Gasteiger partial charge in [-0.2, -0.15) is 4.39 Å². The van der Waals surface area contributed by atoms with Crippen LogP contribution in [0.5, 0.6) is 0 Å². The van der Waals surface area contributed by atoms with Crippen molar-refractivity contribution >= 4 is 24.8 Å². The number of halogens is 2. The molecule has 6 heteroatoms. The van der Waals surface area contributed by atoms with E-state index in [0.717, 1.165) is 16.7 Å². The fraction of sp³-hybridized carbons (Fsp3) is 0.0400. The van der Waals surface area contributed by atoms with Gasteiger partial charge < -0.3 is 0 Å². The Hall–Kier alpha value is -4.06. The number of rotatable bonds is 8. The molecule has 0 aliphatic heterocycles. The minimum atomic E-state index is -0.704. The van der Waals surface area contributed by atoms with Gasteiger partial charge in [0.25, 0.3) is 0 Å². The number of benzene rings is 2. The van der Waals surface area contributed by atoms with Crippen LogP contribution in [0.3, 0.4) is 0 Å². The fourth-order valence-electron chi connectivity index (χ4n) is 2.87. The summed E-state index contributed by atoms with van der Waals surface area (Å²) in [4.78, 5) is 16.1. The second-order valence-corrected chi connectivity index (χ2v) is 6.47. The number of aliphatic imine (C=N–C) groups is 3. The largest absolute Gasteiger partial charge is 0.280 e. The van der Waals surface area contributed by atoms with Gasteiger partial charge in [0.1, 0.15) is 5.82 Å². The Morgan fingerprint density at radius 2 is 1.81 bits per heavy atom. The van der Waals surface area contributed by atoms with Gasteiger partial charge in [-0.3, -0.25) is 15.0 Å². The molecule has 3 rings (SSSR count). The van der Waals surface area contributed by atoms with Crippen LogP contribution in [-0.2, 0) is 6.54 Å². The third-order valence-electron chi connectivity index (χ3n) is 4.41. The molecule has 1 heterocycles. The Kier molecular flexibility index (Phi) is 7.43. The van der Waals surface area contributed by atoms with Crippen molar-refractivity contribution in [2.45, 2.75) is 6.54 Å². The van der Waals surface area contributed by atoms with E-state index in [4.69, 9.17) is 0 Å². The Labute approximate surface area is 179 Å². The zero-order valence-corrected chi connectivity index (χ0v) is 16.7. The van der Waals surface area contributed by atoms with Gasteiger partial charge in [0.15, 0.2) is 0 Å². The van der Waals surface area contributed by atoms with Gasteiger partial charge in [0, 0.05) is 18.0 Å². The molecule has 0 fully saturated rings. The van der Waals surface area contributed by atoms with Crippen molar-refractivity contribution in [2.75, 3.05) is 0 Å². The number of hydrogen-bond donors (Lipinski definition) is 0. The highest BCUT2D eigenvalue weighted by atomic mass is 19.1. The van der Waals surface area contributed by atoms with Crippen LogP contribution in [0.2, 0.25) is 0 Å². The van der Waals surface area contributed by atoms with Crippen LogP contribution in [0.25, 0.3) is 11.1 Å². The van der Waals surface area contributed by atoms with E-state index in [1.807, 2.05) is 30.3 Å². The third-order valence-corrected chi connectivity index (χ3v) is 4.41. The summed E-state index contributed by atoms with van der Waals surface area (Å²) >= 11 is 0. The summed E-state index contributed by atoms with van der Waals surface area (Å²) in [5, 5.41) is 0. The lowest BCUT2D eigenvalue weighted by molar-refractivity contribution is 0.628. The van der Waals surface area contributed by atoms with Crippen molar-refractivity contribution in [3.8, 4) is 11.1 Å². The summed E-state index contributed by atoms with van der Waals surface area (Å²) in [6.07, 6.45) is 7.78. The molecular formula is C25H20F2N4. The molecule has 0 saturated heterocycles. The van der Waals surface area contributed by atoms with E-state index in [1.165, 1.54) is 24.3 Å². The first kappa shape index (κ1) is 21.6. The maximum absolute atomic E-state index is 13.4. The highest BCUT2D eigenvalue weighted by Crippen LogP contribution is 2.28. The first-order valence-corrected chi connectivity index (χ1v) is 9.41. The van der Waals surface area contributed by atoms with E-state index in [-0.39, 0.29) is 5.82 Å². The van der Waals surface area contributed by atoms with E-state index in [1.54, 1.807) is 30.6 Å². The van der Waals surface area contributed by atoms with Crippen molar-refractivity contribution < 1.29 is 8.78 Å². The molecule has 0 saturated carbocycles. The molecule has 0 bridgehead atoms. The summed E-state index contributed by atoms with van der Waals surface area (Å²) in [5.41, 5.74) is 4.52. The monoisotopic (exact) mass is 414 g/mol. The van der Waals surface area contributed by atoms with Crippen LogP contribution in [0, 0.1) is 5.82 Å². The normalized spacial score (nSPS) is 12.2. The highest BCUT2D eigenvalue weighted by Gasteiger charge is 2.10. The molecule has 0 unspecified atom stereocenters. The van der Waals surface area contributed by atoms with Gasteiger partial charge in [-0.05, 0) is 72.6 Å². The average Bonchev–Trinajstić information content (AvgIpc) is 2.82. The molecule has 154 valence electrons. The summed E-state index contributed by atoms with van der Waals surface area (Å²) < 4.78 is 26.7. The van der Waals surface area contributed by atoms with E-state index >= 15 is 0 Å². The van der Waals surface area contributed by atoms with Crippen LogP contribution in [0.15, 0.2) is 106 Å². The highest BCUT2D eigenvalue weighted by molar-refractivity contribution is 6.12. The van der Waals surface area contributed by atoms with Crippen LogP contribution in [-0.4, -0.2) is 24.1 Å². The van der Waals surface area contributed by atoms with Gasteiger partial charge in [0.2, 0.25) is 5.95 Å². The van der Waals surface area contributed by atoms with Crippen molar-refractivity contribution in [3.05, 3.63) is 108 Å². The zero-order chi connectivity index (χ0) is 22.1. The number of allylic oxidation sites excluding steroid dienone is 3. The fourth-order valence-corrected chi connectivity index (χ4v) is 2.87. The zero-order valence-electron chi connectivity index (χ0n) is 16.7.